The highest BCUT2D eigenvalue weighted by Crippen LogP contribution is 2.20. The van der Waals surface area contributed by atoms with Crippen LogP contribution < -0.4 is 0 Å². The average Bonchev–Trinajstić information content (AvgIpc) is 2.46. The molecule has 0 spiro atoms. The zero-order chi connectivity index (χ0) is 12.1. The van der Waals surface area contributed by atoms with Crippen LogP contribution in [-0.2, 0) is 18.2 Å². The van der Waals surface area contributed by atoms with Gasteiger partial charge in [-0.05, 0) is 13.3 Å². The quantitative estimate of drug-likeness (QED) is 0.778. The zero-order valence-corrected chi connectivity index (χ0v) is 10.8. The van der Waals surface area contributed by atoms with E-state index < -0.39 is 6.10 Å². The van der Waals surface area contributed by atoms with E-state index in [0.717, 1.165) is 17.7 Å². The lowest BCUT2D eigenvalue weighted by molar-refractivity contribution is 0.0373. The van der Waals surface area contributed by atoms with Crippen LogP contribution in [0.5, 0.6) is 0 Å². The number of aliphatic hydroxyl groups is 1. The van der Waals surface area contributed by atoms with E-state index in [1.165, 1.54) is 0 Å². The van der Waals surface area contributed by atoms with Gasteiger partial charge in [-0.15, -0.1) is 0 Å². The van der Waals surface area contributed by atoms with Crippen LogP contribution in [0.15, 0.2) is 0 Å². The maximum absolute atomic E-state index is 9.77. The number of halogens is 1. The van der Waals surface area contributed by atoms with Crippen LogP contribution in [0.1, 0.15) is 24.6 Å². The molecule has 5 heteroatoms. The lowest BCUT2D eigenvalue weighted by Crippen LogP contribution is -2.18. The summed E-state index contributed by atoms with van der Waals surface area (Å²) in [5.41, 5.74) is 1.76. The van der Waals surface area contributed by atoms with E-state index in [-0.39, 0.29) is 0 Å². The SMILES string of the molecule is CCCOCC(O)Cc1c(C)nn(C)c1Cl. The van der Waals surface area contributed by atoms with E-state index in [2.05, 4.69) is 5.10 Å². The third-order valence-electron chi connectivity index (χ3n) is 2.37. The summed E-state index contributed by atoms with van der Waals surface area (Å²) in [6.07, 6.45) is 0.925. The number of hydrogen-bond acceptors (Lipinski definition) is 3. The second-order valence-electron chi connectivity index (χ2n) is 3.91. The molecule has 0 radical (unpaired) electrons. The van der Waals surface area contributed by atoms with Crippen LogP contribution >= 0.6 is 11.6 Å². The number of aliphatic hydroxyl groups excluding tert-OH is 1. The molecule has 92 valence electrons. The van der Waals surface area contributed by atoms with E-state index in [0.29, 0.717) is 24.8 Å². The molecule has 1 heterocycles. The summed E-state index contributed by atoms with van der Waals surface area (Å²) >= 11 is 6.07. The Labute approximate surface area is 101 Å². The van der Waals surface area contributed by atoms with Crippen LogP contribution in [0.25, 0.3) is 0 Å². The Kier molecular flexibility index (Phi) is 5.25. The topological polar surface area (TPSA) is 47.3 Å². The normalized spacial score (nSPS) is 13.1. The highest BCUT2D eigenvalue weighted by molar-refractivity contribution is 6.30. The van der Waals surface area contributed by atoms with Gasteiger partial charge in [0.1, 0.15) is 5.15 Å². The Morgan fingerprint density at radius 3 is 2.75 bits per heavy atom. The van der Waals surface area contributed by atoms with Crippen LogP contribution in [0.2, 0.25) is 5.15 Å². The van der Waals surface area contributed by atoms with Crippen molar-refractivity contribution in [2.75, 3.05) is 13.2 Å². The van der Waals surface area contributed by atoms with Crippen molar-refractivity contribution in [2.24, 2.45) is 7.05 Å². The molecule has 0 fully saturated rings. The minimum absolute atomic E-state index is 0.346. The first-order chi connectivity index (χ1) is 7.56. The summed E-state index contributed by atoms with van der Waals surface area (Å²) in [7, 11) is 1.79. The zero-order valence-electron chi connectivity index (χ0n) is 10.0. The van der Waals surface area contributed by atoms with Crippen molar-refractivity contribution in [1.82, 2.24) is 9.78 Å². The molecule has 1 aromatic heterocycles. The number of hydrogen-bond donors (Lipinski definition) is 1. The second kappa shape index (κ2) is 6.23. The fourth-order valence-electron chi connectivity index (χ4n) is 1.56. The van der Waals surface area contributed by atoms with Gasteiger partial charge in [0.15, 0.2) is 0 Å². The van der Waals surface area contributed by atoms with Gasteiger partial charge in [0.05, 0.1) is 18.4 Å². The summed E-state index contributed by atoms with van der Waals surface area (Å²) < 4.78 is 6.90. The van der Waals surface area contributed by atoms with Crippen molar-refractivity contribution in [3.05, 3.63) is 16.4 Å². The maximum atomic E-state index is 9.77. The predicted octanol–water partition coefficient (Wildman–Crippen LogP) is 1.71. The van der Waals surface area contributed by atoms with Crippen molar-refractivity contribution < 1.29 is 9.84 Å². The smallest absolute Gasteiger partial charge is 0.130 e. The lowest BCUT2D eigenvalue weighted by Gasteiger charge is -2.10. The summed E-state index contributed by atoms with van der Waals surface area (Å²) in [6.45, 7) is 4.95. The van der Waals surface area contributed by atoms with Crippen molar-refractivity contribution in [1.29, 1.82) is 0 Å². The molecule has 0 aromatic carbocycles. The predicted molar refractivity (Wildman–Crippen MR) is 63.8 cm³/mol. The third-order valence-corrected chi connectivity index (χ3v) is 2.84. The Morgan fingerprint density at radius 1 is 1.56 bits per heavy atom. The number of nitrogens with zero attached hydrogens (tertiary/aromatic N) is 2. The number of aromatic nitrogens is 2. The van der Waals surface area contributed by atoms with E-state index in [4.69, 9.17) is 16.3 Å². The van der Waals surface area contributed by atoms with Crippen molar-refractivity contribution in [2.45, 2.75) is 32.8 Å². The molecule has 0 bridgehead atoms. The maximum Gasteiger partial charge on any atom is 0.130 e. The molecule has 0 aliphatic carbocycles. The highest BCUT2D eigenvalue weighted by Gasteiger charge is 2.15. The minimum Gasteiger partial charge on any atom is -0.390 e. The Morgan fingerprint density at radius 2 is 2.25 bits per heavy atom. The van der Waals surface area contributed by atoms with Crippen LogP contribution in [-0.4, -0.2) is 34.2 Å². The monoisotopic (exact) mass is 246 g/mol. The fraction of sp³-hybridized carbons (Fsp3) is 0.727. The minimum atomic E-state index is -0.521. The van der Waals surface area contributed by atoms with E-state index in [9.17, 15) is 5.11 Å². The van der Waals surface area contributed by atoms with Crippen LogP contribution in [0, 0.1) is 6.92 Å². The summed E-state index contributed by atoms with van der Waals surface area (Å²) in [5, 5.41) is 14.5. The number of rotatable bonds is 6. The van der Waals surface area contributed by atoms with E-state index in [1.807, 2.05) is 13.8 Å². The van der Waals surface area contributed by atoms with Crippen molar-refractivity contribution in [3.8, 4) is 0 Å². The molecule has 1 atom stereocenters. The van der Waals surface area contributed by atoms with Gasteiger partial charge in [0, 0.05) is 25.6 Å². The number of aryl methyl sites for hydroxylation is 2. The molecule has 16 heavy (non-hydrogen) atoms. The molecular weight excluding hydrogens is 228 g/mol. The molecule has 0 amide bonds. The van der Waals surface area contributed by atoms with Crippen molar-refractivity contribution >= 4 is 11.6 Å². The van der Waals surface area contributed by atoms with Gasteiger partial charge in [-0.1, -0.05) is 18.5 Å². The van der Waals surface area contributed by atoms with E-state index >= 15 is 0 Å². The Balaban J connectivity index is 2.52. The third kappa shape index (κ3) is 3.47. The largest absolute Gasteiger partial charge is 0.390 e. The Bertz CT molecular complexity index is 339. The highest BCUT2D eigenvalue weighted by atomic mass is 35.5. The molecular formula is C11H19ClN2O2. The van der Waals surface area contributed by atoms with Gasteiger partial charge in [0.25, 0.3) is 0 Å². The molecule has 1 rings (SSSR count). The molecule has 0 saturated carbocycles. The lowest BCUT2D eigenvalue weighted by atomic mass is 10.1. The summed E-state index contributed by atoms with van der Waals surface area (Å²) in [5.74, 6) is 0. The van der Waals surface area contributed by atoms with Crippen molar-refractivity contribution in [3.63, 3.8) is 0 Å². The van der Waals surface area contributed by atoms with Gasteiger partial charge in [0.2, 0.25) is 0 Å². The van der Waals surface area contributed by atoms with Gasteiger partial charge in [-0.25, -0.2) is 0 Å². The number of ether oxygens (including phenoxy) is 1. The first kappa shape index (κ1) is 13.5. The van der Waals surface area contributed by atoms with Crippen LogP contribution in [0.3, 0.4) is 0 Å². The summed E-state index contributed by atoms with van der Waals surface area (Å²) in [6, 6.07) is 0. The average molecular weight is 247 g/mol. The van der Waals surface area contributed by atoms with Crippen LogP contribution in [0.4, 0.5) is 0 Å². The molecule has 0 aliphatic rings. The van der Waals surface area contributed by atoms with Gasteiger partial charge >= 0.3 is 0 Å². The fourth-order valence-corrected chi connectivity index (χ4v) is 1.82. The molecule has 0 aliphatic heterocycles. The van der Waals surface area contributed by atoms with Gasteiger partial charge in [-0.3, -0.25) is 4.68 Å². The Hall–Kier alpha value is -0.580. The standard InChI is InChI=1S/C11H19ClN2O2/c1-4-5-16-7-9(15)6-10-8(2)13-14(3)11(10)12/h9,15H,4-7H2,1-3H3. The first-order valence-corrected chi connectivity index (χ1v) is 5.87. The summed E-state index contributed by atoms with van der Waals surface area (Å²) in [4.78, 5) is 0. The molecule has 4 nitrogen and oxygen atoms in total. The van der Waals surface area contributed by atoms with Gasteiger partial charge < -0.3 is 9.84 Å². The van der Waals surface area contributed by atoms with E-state index in [1.54, 1.807) is 11.7 Å². The second-order valence-corrected chi connectivity index (χ2v) is 4.27. The molecule has 1 aromatic rings. The molecule has 1 unspecified atom stereocenters. The molecule has 1 N–H and O–H groups in total. The molecule has 0 saturated heterocycles. The van der Waals surface area contributed by atoms with Gasteiger partial charge in [-0.2, -0.15) is 5.10 Å². The first-order valence-electron chi connectivity index (χ1n) is 5.50.